The first-order chi connectivity index (χ1) is 13.5. The number of methoxy groups -OCH3 is 2. The molecule has 0 atom stereocenters. The molecule has 0 saturated carbocycles. The number of carbonyl (C=O) groups is 1. The number of fused-ring (bicyclic) bond motifs is 1. The predicted octanol–water partition coefficient (Wildman–Crippen LogP) is 3.06. The number of ether oxygens (including phenoxy) is 2. The summed E-state index contributed by atoms with van der Waals surface area (Å²) >= 11 is 1.56. The first-order valence-electron chi connectivity index (χ1n) is 8.71. The first kappa shape index (κ1) is 19.6. The smallest absolute Gasteiger partial charge is 0.258 e. The molecular weight excluding hydrogens is 378 g/mol. The molecule has 0 spiro atoms. The van der Waals surface area contributed by atoms with Crippen LogP contribution in [0.2, 0.25) is 0 Å². The van der Waals surface area contributed by atoms with Crippen LogP contribution in [0.3, 0.4) is 0 Å². The average Bonchev–Trinajstić information content (AvgIpc) is 3.23. The fraction of sp³-hybridized carbons (Fsp3) is 0.250. The summed E-state index contributed by atoms with van der Waals surface area (Å²) in [5, 5.41) is 2.35. The van der Waals surface area contributed by atoms with Crippen LogP contribution in [0, 0.1) is 0 Å². The maximum Gasteiger partial charge on any atom is 0.258 e. The van der Waals surface area contributed by atoms with Crippen LogP contribution in [0.1, 0.15) is 17.6 Å². The molecule has 1 aromatic carbocycles. The van der Waals surface area contributed by atoms with Crippen molar-refractivity contribution < 1.29 is 14.3 Å². The second kappa shape index (κ2) is 8.71. The average molecular weight is 399 g/mol. The molecule has 28 heavy (non-hydrogen) atoms. The summed E-state index contributed by atoms with van der Waals surface area (Å²) in [7, 11) is 3.03. The van der Waals surface area contributed by atoms with E-state index in [9.17, 15) is 9.59 Å². The summed E-state index contributed by atoms with van der Waals surface area (Å²) in [6, 6.07) is 7.12. The number of nitrogens with zero attached hydrogens (tertiary/aromatic N) is 2. The molecule has 0 aliphatic carbocycles. The molecule has 8 heteroatoms. The van der Waals surface area contributed by atoms with Gasteiger partial charge >= 0.3 is 0 Å². The minimum Gasteiger partial charge on any atom is -0.493 e. The SMILES string of the molecule is CCN(Cc1nc2cc(OC)c(OC)cc2c(=O)[nH]1)C(=O)/C=C/c1cccs1. The molecule has 1 amide bonds. The molecule has 2 aromatic heterocycles. The van der Waals surface area contributed by atoms with Crippen molar-refractivity contribution in [2.75, 3.05) is 20.8 Å². The molecule has 0 aliphatic rings. The van der Waals surface area contributed by atoms with Gasteiger partial charge in [-0.15, -0.1) is 11.3 Å². The highest BCUT2D eigenvalue weighted by Crippen LogP contribution is 2.29. The van der Waals surface area contributed by atoms with E-state index in [1.54, 1.807) is 34.4 Å². The molecule has 0 fully saturated rings. The Balaban J connectivity index is 1.87. The first-order valence-corrected chi connectivity index (χ1v) is 9.59. The fourth-order valence-electron chi connectivity index (χ4n) is 2.76. The molecule has 3 aromatic rings. The highest BCUT2D eigenvalue weighted by atomic mass is 32.1. The summed E-state index contributed by atoms with van der Waals surface area (Å²) in [6.45, 7) is 2.56. The summed E-state index contributed by atoms with van der Waals surface area (Å²) in [5.41, 5.74) is 0.188. The third-order valence-electron chi connectivity index (χ3n) is 4.23. The summed E-state index contributed by atoms with van der Waals surface area (Å²) in [5.74, 6) is 1.20. The molecular formula is C20H21N3O4S. The zero-order valence-corrected chi connectivity index (χ0v) is 16.7. The van der Waals surface area contributed by atoms with E-state index in [0.29, 0.717) is 34.8 Å². The van der Waals surface area contributed by atoms with Gasteiger partial charge in [-0.1, -0.05) is 6.07 Å². The van der Waals surface area contributed by atoms with Gasteiger partial charge in [-0.05, 0) is 30.5 Å². The van der Waals surface area contributed by atoms with E-state index >= 15 is 0 Å². The minimum atomic E-state index is -0.293. The number of H-pyrrole nitrogens is 1. The molecule has 0 aliphatic heterocycles. The Bertz CT molecular complexity index is 1060. The van der Waals surface area contributed by atoms with E-state index in [2.05, 4.69) is 9.97 Å². The van der Waals surface area contributed by atoms with Gasteiger partial charge in [0.2, 0.25) is 5.91 Å². The lowest BCUT2D eigenvalue weighted by atomic mass is 10.2. The Morgan fingerprint density at radius 3 is 2.68 bits per heavy atom. The number of carbonyl (C=O) groups excluding carboxylic acids is 1. The lowest BCUT2D eigenvalue weighted by molar-refractivity contribution is -0.126. The minimum absolute atomic E-state index is 0.147. The lowest BCUT2D eigenvalue weighted by Gasteiger charge is -2.18. The summed E-state index contributed by atoms with van der Waals surface area (Å²) in [6.07, 6.45) is 3.31. The van der Waals surface area contributed by atoms with E-state index in [0.717, 1.165) is 4.88 Å². The molecule has 0 bridgehead atoms. The normalized spacial score (nSPS) is 11.1. The van der Waals surface area contributed by atoms with Crippen molar-refractivity contribution in [3.05, 3.63) is 56.8 Å². The molecule has 146 valence electrons. The predicted molar refractivity (Wildman–Crippen MR) is 110 cm³/mol. The maximum absolute atomic E-state index is 12.5. The van der Waals surface area contributed by atoms with Gasteiger partial charge in [0.25, 0.3) is 5.56 Å². The van der Waals surface area contributed by atoms with Crippen LogP contribution in [0.15, 0.2) is 40.5 Å². The van der Waals surface area contributed by atoms with Gasteiger partial charge in [-0.2, -0.15) is 0 Å². The zero-order valence-electron chi connectivity index (χ0n) is 15.9. The topological polar surface area (TPSA) is 84.5 Å². The number of hydrogen-bond acceptors (Lipinski definition) is 6. The summed E-state index contributed by atoms with van der Waals surface area (Å²) < 4.78 is 10.5. The van der Waals surface area contributed by atoms with Crippen molar-refractivity contribution in [2.24, 2.45) is 0 Å². The molecule has 2 heterocycles. The lowest BCUT2D eigenvalue weighted by Crippen LogP contribution is -2.30. The molecule has 0 unspecified atom stereocenters. The van der Waals surface area contributed by atoms with Crippen LogP contribution in [0.5, 0.6) is 11.5 Å². The van der Waals surface area contributed by atoms with Crippen molar-refractivity contribution in [1.29, 1.82) is 0 Å². The zero-order chi connectivity index (χ0) is 20.1. The number of likely N-dealkylation sites (N-methyl/N-ethyl adjacent to an activating group) is 1. The van der Waals surface area contributed by atoms with Crippen molar-refractivity contribution in [1.82, 2.24) is 14.9 Å². The fourth-order valence-corrected chi connectivity index (χ4v) is 3.38. The number of hydrogen-bond donors (Lipinski definition) is 1. The van der Waals surface area contributed by atoms with Gasteiger partial charge in [0.15, 0.2) is 11.5 Å². The standard InChI is InChI=1S/C20H21N3O4S/c1-4-23(19(24)8-7-13-6-5-9-28-13)12-18-21-15-11-17(27-3)16(26-2)10-14(15)20(25)22-18/h5-11H,4,12H2,1-3H3,(H,21,22,25)/b8-7+. The number of nitrogens with one attached hydrogen (secondary N) is 1. The highest BCUT2D eigenvalue weighted by Gasteiger charge is 2.14. The number of amides is 1. The largest absolute Gasteiger partial charge is 0.493 e. The van der Waals surface area contributed by atoms with Crippen molar-refractivity contribution in [3.8, 4) is 11.5 Å². The third-order valence-corrected chi connectivity index (χ3v) is 5.06. The number of rotatable bonds is 7. The highest BCUT2D eigenvalue weighted by molar-refractivity contribution is 7.10. The van der Waals surface area contributed by atoms with Crippen molar-refractivity contribution in [3.63, 3.8) is 0 Å². The van der Waals surface area contributed by atoms with Crippen LogP contribution in [-0.2, 0) is 11.3 Å². The van der Waals surface area contributed by atoms with Gasteiger partial charge in [-0.3, -0.25) is 9.59 Å². The van der Waals surface area contributed by atoms with Crippen LogP contribution >= 0.6 is 11.3 Å². The van der Waals surface area contributed by atoms with E-state index < -0.39 is 0 Å². The van der Waals surface area contributed by atoms with E-state index in [-0.39, 0.29) is 18.0 Å². The maximum atomic E-state index is 12.5. The monoisotopic (exact) mass is 399 g/mol. The number of thiophene rings is 1. The Labute approximate surface area is 166 Å². The van der Waals surface area contributed by atoms with Gasteiger partial charge in [0.05, 0.1) is 31.7 Å². The number of aromatic amines is 1. The Kier molecular flexibility index (Phi) is 6.10. The van der Waals surface area contributed by atoms with E-state index in [1.165, 1.54) is 20.3 Å². The molecule has 0 radical (unpaired) electrons. The van der Waals surface area contributed by atoms with Gasteiger partial charge in [-0.25, -0.2) is 4.98 Å². The molecule has 0 saturated heterocycles. The third kappa shape index (κ3) is 4.23. The van der Waals surface area contributed by atoms with Crippen LogP contribution in [0.4, 0.5) is 0 Å². The quantitative estimate of drug-likeness (QED) is 0.617. The van der Waals surface area contributed by atoms with Crippen LogP contribution in [0.25, 0.3) is 17.0 Å². The Hall–Kier alpha value is -3.13. The van der Waals surface area contributed by atoms with Gasteiger partial charge < -0.3 is 19.4 Å². The number of aromatic nitrogens is 2. The number of benzene rings is 1. The second-order valence-corrected chi connectivity index (χ2v) is 6.92. The van der Waals surface area contributed by atoms with Crippen molar-refractivity contribution in [2.45, 2.75) is 13.5 Å². The van der Waals surface area contributed by atoms with Crippen molar-refractivity contribution >= 4 is 34.2 Å². The molecule has 3 rings (SSSR count). The second-order valence-electron chi connectivity index (χ2n) is 5.94. The molecule has 1 N–H and O–H groups in total. The van der Waals surface area contributed by atoms with E-state index in [1.807, 2.05) is 24.4 Å². The van der Waals surface area contributed by atoms with Crippen LogP contribution < -0.4 is 15.0 Å². The Morgan fingerprint density at radius 1 is 1.29 bits per heavy atom. The van der Waals surface area contributed by atoms with Gasteiger partial charge in [0.1, 0.15) is 5.82 Å². The molecule has 7 nitrogen and oxygen atoms in total. The van der Waals surface area contributed by atoms with Gasteiger partial charge in [0, 0.05) is 23.6 Å². The van der Waals surface area contributed by atoms with Crippen LogP contribution in [-0.4, -0.2) is 41.5 Å². The van der Waals surface area contributed by atoms with E-state index in [4.69, 9.17) is 9.47 Å². The summed E-state index contributed by atoms with van der Waals surface area (Å²) in [4.78, 5) is 34.8. The Morgan fingerprint density at radius 2 is 2.04 bits per heavy atom.